The van der Waals surface area contributed by atoms with Crippen LogP contribution in [0.15, 0.2) is 18.2 Å². The smallest absolute Gasteiger partial charge is 0.271 e. The first-order valence-electron chi connectivity index (χ1n) is 5.93. The van der Waals surface area contributed by atoms with Crippen LogP contribution in [0.1, 0.15) is 19.2 Å². The molecule has 0 unspecified atom stereocenters. The Balaban J connectivity index is 2.07. The minimum atomic E-state index is -0.516. The number of benzene rings is 1. The Morgan fingerprint density at radius 2 is 2.30 bits per heavy atom. The zero-order valence-corrected chi connectivity index (χ0v) is 11.4. The monoisotopic (exact) mass is 297 g/mol. The Morgan fingerprint density at radius 1 is 1.50 bits per heavy atom. The van der Waals surface area contributed by atoms with Gasteiger partial charge in [0.2, 0.25) is 0 Å². The highest BCUT2D eigenvalue weighted by molar-refractivity contribution is 6.32. The maximum absolute atomic E-state index is 10.6. The molecule has 0 bridgehead atoms. The molecule has 9 heteroatoms. The predicted octanol–water partition coefficient (Wildman–Crippen LogP) is 2.22. The molecule has 2 rings (SSSR count). The first-order chi connectivity index (χ1) is 9.61. The Morgan fingerprint density at radius 3 is 2.95 bits per heavy atom. The van der Waals surface area contributed by atoms with E-state index < -0.39 is 4.92 Å². The first kappa shape index (κ1) is 14.2. The molecule has 0 aliphatic carbocycles. The van der Waals surface area contributed by atoms with Crippen molar-refractivity contribution < 1.29 is 9.66 Å². The molecule has 0 aliphatic heterocycles. The zero-order chi connectivity index (χ0) is 14.5. The quantitative estimate of drug-likeness (QED) is 0.599. The summed E-state index contributed by atoms with van der Waals surface area (Å²) in [7, 11) is 0. The lowest BCUT2D eigenvalue weighted by atomic mass is 10.3. The molecule has 0 atom stereocenters. The average molecular weight is 298 g/mol. The highest BCUT2D eigenvalue weighted by Crippen LogP contribution is 2.29. The summed E-state index contributed by atoms with van der Waals surface area (Å²) in [5, 5.41) is 22.0. The van der Waals surface area contributed by atoms with Crippen molar-refractivity contribution in [1.82, 2.24) is 20.2 Å². The van der Waals surface area contributed by atoms with Crippen LogP contribution in [-0.4, -0.2) is 25.1 Å². The zero-order valence-electron chi connectivity index (χ0n) is 10.7. The van der Waals surface area contributed by atoms with Crippen molar-refractivity contribution in [1.29, 1.82) is 0 Å². The summed E-state index contributed by atoms with van der Waals surface area (Å²) in [6.45, 7) is 2.85. The number of tetrazole rings is 1. The van der Waals surface area contributed by atoms with Gasteiger partial charge in [0.15, 0.2) is 5.82 Å². The van der Waals surface area contributed by atoms with Gasteiger partial charge in [-0.15, -0.1) is 5.10 Å². The second-order valence-electron chi connectivity index (χ2n) is 3.98. The van der Waals surface area contributed by atoms with E-state index >= 15 is 0 Å². The van der Waals surface area contributed by atoms with Gasteiger partial charge < -0.3 is 4.74 Å². The van der Waals surface area contributed by atoms with E-state index in [1.807, 2.05) is 6.92 Å². The third kappa shape index (κ3) is 3.21. The van der Waals surface area contributed by atoms with Crippen LogP contribution in [0.2, 0.25) is 5.02 Å². The van der Waals surface area contributed by atoms with Crippen molar-refractivity contribution in [2.75, 3.05) is 0 Å². The van der Waals surface area contributed by atoms with Crippen LogP contribution in [-0.2, 0) is 13.2 Å². The van der Waals surface area contributed by atoms with E-state index in [1.54, 1.807) is 4.68 Å². The standard InChI is InChI=1S/C11H12ClN5O3/c1-2-5-16-11(13-14-15-16)7-20-10-4-3-8(17(18)19)6-9(10)12/h3-4,6H,2,5,7H2,1H3. The number of nitro benzene ring substituents is 1. The molecule has 0 spiro atoms. The fraction of sp³-hybridized carbons (Fsp3) is 0.364. The van der Waals surface area contributed by atoms with Crippen LogP contribution in [0.25, 0.3) is 0 Å². The number of ether oxygens (including phenoxy) is 1. The first-order valence-corrected chi connectivity index (χ1v) is 6.31. The molecule has 1 heterocycles. The van der Waals surface area contributed by atoms with Crippen molar-refractivity contribution in [2.45, 2.75) is 26.5 Å². The number of non-ortho nitro benzene ring substituents is 1. The molecule has 0 saturated carbocycles. The van der Waals surface area contributed by atoms with Gasteiger partial charge in [-0.2, -0.15) is 0 Å². The summed E-state index contributed by atoms with van der Waals surface area (Å²) in [4.78, 5) is 10.1. The fourth-order valence-electron chi connectivity index (χ4n) is 1.57. The summed E-state index contributed by atoms with van der Waals surface area (Å²) in [6, 6.07) is 4.02. The van der Waals surface area contributed by atoms with Gasteiger partial charge in [-0.05, 0) is 22.9 Å². The third-order valence-electron chi connectivity index (χ3n) is 2.52. The largest absolute Gasteiger partial charge is 0.484 e. The number of nitrogens with zero attached hydrogens (tertiary/aromatic N) is 5. The SMILES string of the molecule is CCCn1nnnc1COc1ccc([N+](=O)[O-])cc1Cl. The lowest BCUT2D eigenvalue weighted by Crippen LogP contribution is -2.08. The van der Waals surface area contributed by atoms with Crippen LogP contribution >= 0.6 is 11.6 Å². The molecule has 0 amide bonds. The van der Waals surface area contributed by atoms with Crippen molar-refractivity contribution in [3.05, 3.63) is 39.2 Å². The second kappa shape index (κ2) is 6.29. The van der Waals surface area contributed by atoms with Crippen LogP contribution in [0.3, 0.4) is 0 Å². The number of aromatic nitrogens is 4. The van der Waals surface area contributed by atoms with Crippen molar-refractivity contribution in [2.24, 2.45) is 0 Å². The van der Waals surface area contributed by atoms with Gasteiger partial charge in [-0.1, -0.05) is 18.5 Å². The highest BCUT2D eigenvalue weighted by Gasteiger charge is 2.12. The van der Waals surface area contributed by atoms with Gasteiger partial charge in [0.1, 0.15) is 12.4 Å². The average Bonchev–Trinajstić information content (AvgIpc) is 2.85. The molecule has 0 radical (unpaired) electrons. The van der Waals surface area contributed by atoms with Gasteiger partial charge in [0, 0.05) is 18.7 Å². The summed E-state index contributed by atoms with van der Waals surface area (Å²) in [5.74, 6) is 0.921. The van der Waals surface area contributed by atoms with E-state index in [9.17, 15) is 10.1 Å². The van der Waals surface area contributed by atoms with Crippen LogP contribution in [0, 0.1) is 10.1 Å². The van der Waals surface area contributed by atoms with Crippen LogP contribution in [0.5, 0.6) is 5.75 Å². The van der Waals surface area contributed by atoms with E-state index in [2.05, 4.69) is 15.5 Å². The van der Waals surface area contributed by atoms with Crippen LogP contribution in [0.4, 0.5) is 5.69 Å². The van der Waals surface area contributed by atoms with Crippen LogP contribution < -0.4 is 4.74 Å². The summed E-state index contributed by atoms with van der Waals surface area (Å²) < 4.78 is 7.12. The van der Waals surface area contributed by atoms with Crippen molar-refractivity contribution >= 4 is 17.3 Å². The summed E-state index contributed by atoms with van der Waals surface area (Å²) in [6.07, 6.45) is 0.899. The number of aryl methyl sites for hydroxylation is 1. The molecule has 2 aromatic rings. The van der Waals surface area contributed by atoms with Gasteiger partial charge in [0.05, 0.1) is 9.95 Å². The number of nitro groups is 1. The van der Waals surface area contributed by atoms with Crippen molar-refractivity contribution in [3.63, 3.8) is 0 Å². The molecular formula is C11H12ClN5O3. The van der Waals surface area contributed by atoms with Crippen molar-refractivity contribution in [3.8, 4) is 5.75 Å². The Bertz CT molecular complexity index is 616. The van der Waals surface area contributed by atoms with E-state index in [0.29, 0.717) is 18.1 Å². The van der Waals surface area contributed by atoms with Gasteiger partial charge in [-0.3, -0.25) is 10.1 Å². The highest BCUT2D eigenvalue weighted by atomic mass is 35.5. The van der Waals surface area contributed by atoms with E-state index in [0.717, 1.165) is 6.42 Å². The van der Waals surface area contributed by atoms with Gasteiger partial charge >= 0.3 is 0 Å². The molecule has 0 fully saturated rings. The third-order valence-corrected chi connectivity index (χ3v) is 2.82. The minimum Gasteiger partial charge on any atom is -0.484 e. The number of halogens is 1. The fourth-order valence-corrected chi connectivity index (χ4v) is 1.80. The predicted molar refractivity (Wildman–Crippen MR) is 70.5 cm³/mol. The Kier molecular flexibility index (Phi) is 4.46. The maximum atomic E-state index is 10.6. The molecule has 0 aliphatic rings. The Hall–Kier alpha value is -2.22. The lowest BCUT2D eigenvalue weighted by molar-refractivity contribution is -0.384. The molecule has 106 valence electrons. The number of hydrogen-bond donors (Lipinski definition) is 0. The van der Waals surface area contributed by atoms with E-state index in [1.165, 1.54) is 18.2 Å². The molecule has 1 aromatic heterocycles. The summed E-state index contributed by atoms with van der Waals surface area (Å²) in [5.41, 5.74) is -0.0850. The maximum Gasteiger partial charge on any atom is 0.271 e. The molecule has 1 aromatic carbocycles. The Labute approximate surface area is 119 Å². The van der Waals surface area contributed by atoms with Gasteiger partial charge in [-0.25, -0.2) is 4.68 Å². The lowest BCUT2D eigenvalue weighted by Gasteiger charge is -2.07. The second-order valence-corrected chi connectivity index (χ2v) is 4.39. The number of rotatable bonds is 6. The minimum absolute atomic E-state index is 0.0850. The van der Waals surface area contributed by atoms with E-state index in [-0.39, 0.29) is 17.3 Å². The molecule has 20 heavy (non-hydrogen) atoms. The summed E-state index contributed by atoms with van der Waals surface area (Å²) >= 11 is 5.93. The normalized spacial score (nSPS) is 10.5. The molecule has 0 N–H and O–H groups in total. The molecular weight excluding hydrogens is 286 g/mol. The molecule has 0 saturated heterocycles. The molecule has 8 nitrogen and oxygen atoms in total. The van der Waals surface area contributed by atoms with Gasteiger partial charge in [0.25, 0.3) is 5.69 Å². The van der Waals surface area contributed by atoms with E-state index in [4.69, 9.17) is 16.3 Å². The number of hydrogen-bond acceptors (Lipinski definition) is 6. The topological polar surface area (TPSA) is 96.0 Å².